The van der Waals surface area contributed by atoms with Gasteiger partial charge in [-0.15, -0.1) is 21.5 Å². The van der Waals surface area contributed by atoms with E-state index in [4.69, 9.17) is 0 Å². The normalized spacial score (nSPS) is 10.8. The maximum absolute atomic E-state index is 12.3. The minimum absolute atomic E-state index is 0.109. The molecule has 1 N–H and O–H groups in total. The summed E-state index contributed by atoms with van der Waals surface area (Å²) in [5.41, 5.74) is 2.56. The van der Waals surface area contributed by atoms with Gasteiger partial charge in [-0.1, -0.05) is 48.2 Å². The number of hydrogen-bond acceptors (Lipinski definition) is 5. The van der Waals surface area contributed by atoms with E-state index in [1.165, 1.54) is 4.88 Å². The van der Waals surface area contributed by atoms with Gasteiger partial charge in [-0.25, -0.2) is 0 Å². The number of thiophene rings is 1. The second-order valence-electron chi connectivity index (χ2n) is 6.52. The Morgan fingerprint density at radius 1 is 1.03 bits per heavy atom. The fourth-order valence-corrected chi connectivity index (χ4v) is 4.41. The van der Waals surface area contributed by atoms with Crippen LogP contribution < -0.4 is 5.32 Å². The van der Waals surface area contributed by atoms with Crippen molar-refractivity contribution in [3.8, 4) is 0 Å². The maximum Gasteiger partial charge on any atom is 0.255 e. The number of thioether (sulfide) groups is 1. The molecule has 2 aromatic heterocycles. The summed E-state index contributed by atoms with van der Waals surface area (Å²) in [7, 11) is 2.00. The van der Waals surface area contributed by atoms with Gasteiger partial charge in [0.25, 0.3) is 5.91 Å². The average molecular weight is 421 g/mol. The van der Waals surface area contributed by atoms with E-state index < -0.39 is 0 Å². The summed E-state index contributed by atoms with van der Waals surface area (Å²) in [4.78, 5) is 13.6. The van der Waals surface area contributed by atoms with Crippen molar-refractivity contribution in [2.24, 2.45) is 7.05 Å². The number of anilines is 1. The molecular weight excluding hydrogens is 400 g/mol. The van der Waals surface area contributed by atoms with Crippen LogP contribution in [0.3, 0.4) is 0 Å². The number of amides is 1. The van der Waals surface area contributed by atoms with Crippen LogP contribution in [0.1, 0.15) is 26.6 Å². The summed E-state index contributed by atoms with van der Waals surface area (Å²) in [5.74, 6) is 1.62. The molecule has 2 heterocycles. The number of nitrogens with one attached hydrogen (secondary N) is 1. The first kappa shape index (κ1) is 19.4. The molecule has 146 valence electrons. The van der Waals surface area contributed by atoms with Crippen LogP contribution in [0.25, 0.3) is 0 Å². The molecule has 0 aliphatic rings. The van der Waals surface area contributed by atoms with Gasteiger partial charge in [-0.3, -0.25) is 4.79 Å². The summed E-state index contributed by atoms with van der Waals surface area (Å²) in [6.07, 6.45) is 0.799. The van der Waals surface area contributed by atoms with E-state index in [1.807, 2.05) is 66.2 Å². The molecule has 7 heteroatoms. The van der Waals surface area contributed by atoms with Crippen LogP contribution in [0.2, 0.25) is 0 Å². The molecule has 0 radical (unpaired) electrons. The van der Waals surface area contributed by atoms with Crippen molar-refractivity contribution >= 4 is 34.7 Å². The Labute approximate surface area is 177 Å². The molecule has 0 saturated carbocycles. The Bertz CT molecular complexity index is 1070. The highest BCUT2D eigenvalue weighted by Gasteiger charge is 2.11. The SMILES string of the molecule is Cn1c(Cc2cccs2)nnc1SCc1ccc(C(=O)Nc2ccccc2)cc1. The molecule has 0 atom stereocenters. The predicted molar refractivity (Wildman–Crippen MR) is 119 cm³/mol. The van der Waals surface area contributed by atoms with Crippen molar-refractivity contribution in [3.05, 3.63) is 93.9 Å². The van der Waals surface area contributed by atoms with E-state index in [2.05, 4.69) is 33.0 Å². The van der Waals surface area contributed by atoms with Crippen LogP contribution in [0.4, 0.5) is 5.69 Å². The molecule has 1 amide bonds. The van der Waals surface area contributed by atoms with Crippen LogP contribution in [0, 0.1) is 0 Å². The highest BCUT2D eigenvalue weighted by molar-refractivity contribution is 7.98. The molecule has 0 fully saturated rings. The summed E-state index contributed by atoms with van der Waals surface area (Å²) in [6, 6.07) is 21.3. The molecule has 0 aliphatic heterocycles. The molecular formula is C22H20N4OS2. The quantitative estimate of drug-likeness (QED) is 0.427. The lowest BCUT2D eigenvalue weighted by molar-refractivity contribution is 0.102. The van der Waals surface area contributed by atoms with Crippen molar-refractivity contribution < 1.29 is 4.79 Å². The largest absolute Gasteiger partial charge is 0.322 e. The Kier molecular flexibility index (Phi) is 6.07. The molecule has 5 nitrogen and oxygen atoms in total. The number of para-hydroxylation sites is 1. The smallest absolute Gasteiger partial charge is 0.255 e. The van der Waals surface area contributed by atoms with Gasteiger partial charge in [0.15, 0.2) is 5.16 Å². The van der Waals surface area contributed by atoms with Crippen LogP contribution in [0.5, 0.6) is 0 Å². The van der Waals surface area contributed by atoms with E-state index in [0.717, 1.165) is 34.4 Å². The van der Waals surface area contributed by atoms with Gasteiger partial charge in [0.2, 0.25) is 0 Å². The van der Waals surface area contributed by atoms with Gasteiger partial charge in [0, 0.05) is 35.3 Å². The highest BCUT2D eigenvalue weighted by atomic mass is 32.2. The number of rotatable bonds is 7. The Morgan fingerprint density at radius 2 is 1.83 bits per heavy atom. The van der Waals surface area contributed by atoms with Gasteiger partial charge in [0.05, 0.1) is 0 Å². The first-order valence-corrected chi connectivity index (χ1v) is 11.0. The topological polar surface area (TPSA) is 59.8 Å². The number of carbonyl (C=O) groups is 1. The lowest BCUT2D eigenvalue weighted by Crippen LogP contribution is -2.11. The van der Waals surface area contributed by atoms with E-state index in [1.54, 1.807) is 23.1 Å². The molecule has 4 rings (SSSR count). The molecule has 0 bridgehead atoms. The third kappa shape index (κ3) is 4.93. The highest BCUT2D eigenvalue weighted by Crippen LogP contribution is 2.23. The van der Waals surface area contributed by atoms with Crippen molar-refractivity contribution in [2.75, 3.05) is 5.32 Å². The summed E-state index contributed by atoms with van der Waals surface area (Å²) >= 11 is 3.37. The molecule has 29 heavy (non-hydrogen) atoms. The van der Waals surface area contributed by atoms with Gasteiger partial charge >= 0.3 is 0 Å². The summed E-state index contributed by atoms with van der Waals surface area (Å²) in [6.45, 7) is 0. The minimum atomic E-state index is -0.109. The van der Waals surface area contributed by atoms with Crippen molar-refractivity contribution in [1.29, 1.82) is 0 Å². The molecule has 0 unspecified atom stereocenters. The second kappa shape index (κ2) is 9.07. The summed E-state index contributed by atoms with van der Waals surface area (Å²) < 4.78 is 2.05. The first-order chi connectivity index (χ1) is 14.2. The number of benzene rings is 2. The molecule has 0 spiro atoms. The van der Waals surface area contributed by atoms with E-state index >= 15 is 0 Å². The number of carbonyl (C=O) groups excluding carboxylic acids is 1. The van der Waals surface area contributed by atoms with Crippen molar-refractivity contribution in [3.63, 3.8) is 0 Å². The number of hydrogen-bond donors (Lipinski definition) is 1. The van der Waals surface area contributed by atoms with Crippen LogP contribution >= 0.6 is 23.1 Å². The van der Waals surface area contributed by atoms with Crippen molar-refractivity contribution in [1.82, 2.24) is 14.8 Å². The van der Waals surface area contributed by atoms with Gasteiger partial charge in [-0.2, -0.15) is 0 Å². The Balaban J connectivity index is 1.35. The third-order valence-electron chi connectivity index (χ3n) is 4.45. The fraction of sp³-hybridized carbons (Fsp3) is 0.136. The predicted octanol–water partition coefficient (Wildman–Crippen LogP) is 5.01. The fourth-order valence-electron chi connectivity index (χ4n) is 2.82. The lowest BCUT2D eigenvalue weighted by Gasteiger charge is -2.06. The van der Waals surface area contributed by atoms with Gasteiger partial charge in [0.1, 0.15) is 5.82 Å². The first-order valence-electron chi connectivity index (χ1n) is 9.18. The number of nitrogens with zero attached hydrogens (tertiary/aromatic N) is 3. The molecule has 2 aromatic carbocycles. The minimum Gasteiger partial charge on any atom is -0.322 e. The van der Waals surface area contributed by atoms with Crippen molar-refractivity contribution in [2.45, 2.75) is 17.3 Å². The average Bonchev–Trinajstić information content (AvgIpc) is 3.38. The lowest BCUT2D eigenvalue weighted by atomic mass is 10.1. The monoisotopic (exact) mass is 420 g/mol. The molecule has 0 aliphatic carbocycles. The van der Waals surface area contributed by atoms with Gasteiger partial charge in [-0.05, 0) is 41.3 Å². The molecule has 0 saturated heterocycles. The Hall–Kier alpha value is -2.90. The zero-order chi connectivity index (χ0) is 20.1. The maximum atomic E-state index is 12.3. The van der Waals surface area contributed by atoms with E-state index in [9.17, 15) is 4.79 Å². The standard InChI is InChI=1S/C22H20N4OS2/c1-26-20(14-19-8-5-13-28-19)24-25-22(26)29-15-16-9-11-17(12-10-16)21(27)23-18-6-3-2-4-7-18/h2-13H,14-15H2,1H3,(H,23,27). The van der Waals surface area contributed by atoms with E-state index in [0.29, 0.717) is 5.56 Å². The van der Waals surface area contributed by atoms with Crippen LogP contribution in [0.15, 0.2) is 77.3 Å². The zero-order valence-electron chi connectivity index (χ0n) is 15.9. The summed E-state index contributed by atoms with van der Waals surface area (Å²) in [5, 5.41) is 14.5. The number of aromatic nitrogens is 3. The van der Waals surface area contributed by atoms with E-state index in [-0.39, 0.29) is 5.91 Å². The van der Waals surface area contributed by atoms with Gasteiger partial charge < -0.3 is 9.88 Å². The Morgan fingerprint density at radius 3 is 2.55 bits per heavy atom. The second-order valence-corrected chi connectivity index (χ2v) is 8.49. The van der Waals surface area contributed by atoms with Crippen LogP contribution in [-0.4, -0.2) is 20.7 Å². The molecule has 4 aromatic rings. The van der Waals surface area contributed by atoms with Crippen LogP contribution in [-0.2, 0) is 19.2 Å². The third-order valence-corrected chi connectivity index (χ3v) is 6.42. The zero-order valence-corrected chi connectivity index (χ0v) is 17.5.